The van der Waals surface area contributed by atoms with Crippen LogP contribution in [0.2, 0.25) is 0 Å². The molecule has 1 aromatic carbocycles. The van der Waals surface area contributed by atoms with Crippen LogP contribution in [0.1, 0.15) is 23.8 Å². The second kappa shape index (κ2) is 6.88. The zero-order valence-electron chi connectivity index (χ0n) is 11.0. The molecule has 106 valence electrons. The number of aromatic hydroxyl groups is 1. The highest BCUT2D eigenvalue weighted by Gasteiger charge is 2.11. The summed E-state index contributed by atoms with van der Waals surface area (Å²) in [7, 11) is 0. The first kappa shape index (κ1) is 14.3. The molecule has 2 rings (SSSR count). The fraction of sp³-hybridized carbons (Fsp3) is 0.267. The molecule has 0 bridgehead atoms. The third kappa shape index (κ3) is 3.69. The Morgan fingerprint density at radius 3 is 2.65 bits per heavy atom. The Bertz CT molecular complexity index is 594. The van der Waals surface area contributed by atoms with Crippen LogP contribution in [0.3, 0.4) is 0 Å². The van der Waals surface area contributed by atoms with E-state index in [1.807, 2.05) is 30.3 Å². The van der Waals surface area contributed by atoms with Gasteiger partial charge in [0.2, 0.25) is 5.43 Å². The molecule has 0 radical (unpaired) electrons. The van der Waals surface area contributed by atoms with E-state index in [2.05, 4.69) is 5.32 Å². The summed E-state index contributed by atoms with van der Waals surface area (Å²) in [5, 5.41) is 21.5. The van der Waals surface area contributed by atoms with E-state index in [1.165, 1.54) is 6.07 Å². The van der Waals surface area contributed by atoms with Crippen molar-refractivity contribution in [2.24, 2.45) is 0 Å². The lowest BCUT2D eigenvalue weighted by Gasteiger charge is -2.17. The first-order chi connectivity index (χ1) is 9.70. The minimum atomic E-state index is -0.466. The molecule has 0 aliphatic carbocycles. The Labute approximate surface area is 116 Å². The molecule has 1 aromatic heterocycles. The molecule has 0 aliphatic rings. The van der Waals surface area contributed by atoms with E-state index in [1.54, 1.807) is 0 Å². The number of aliphatic hydroxyl groups excluding tert-OH is 1. The summed E-state index contributed by atoms with van der Waals surface area (Å²) in [5.74, 6) is 0.0374. The van der Waals surface area contributed by atoms with Crippen molar-refractivity contribution < 1.29 is 14.6 Å². The average Bonchev–Trinajstić information content (AvgIpc) is 2.48. The van der Waals surface area contributed by atoms with Crippen molar-refractivity contribution in [1.82, 2.24) is 5.32 Å². The van der Waals surface area contributed by atoms with Crippen LogP contribution in [0.25, 0.3) is 0 Å². The molecule has 0 saturated heterocycles. The Balaban J connectivity index is 2.05. The predicted molar refractivity (Wildman–Crippen MR) is 74.4 cm³/mol. The van der Waals surface area contributed by atoms with Crippen LogP contribution in [0.15, 0.2) is 51.9 Å². The molecular weight excluding hydrogens is 258 g/mol. The van der Waals surface area contributed by atoms with Gasteiger partial charge in [0, 0.05) is 18.7 Å². The summed E-state index contributed by atoms with van der Waals surface area (Å²) in [5.41, 5.74) is 0.592. The topological polar surface area (TPSA) is 82.7 Å². The van der Waals surface area contributed by atoms with Gasteiger partial charge in [-0.1, -0.05) is 30.3 Å². The maximum atomic E-state index is 11.3. The summed E-state index contributed by atoms with van der Waals surface area (Å²) >= 11 is 0. The molecule has 2 aromatic rings. The summed E-state index contributed by atoms with van der Waals surface area (Å²) < 4.78 is 5.13. The number of aliphatic hydroxyl groups is 1. The van der Waals surface area contributed by atoms with E-state index in [-0.39, 0.29) is 12.6 Å². The number of rotatable bonds is 6. The van der Waals surface area contributed by atoms with Gasteiger partial charge in [-0.05, 0) is 12.0 Å². The van der Waals surface area contributed by atoms with Crippen molar-refractivity contribution >= 4 is 0 Å². The van der Waals surface area contributed by atoms with Gasteiger partial charge in [-0.15, -0.1) is 0 Å². The summed E-state index contributed by atoms with van der Waals surface area (Å²) in [6.45, 7) is 0.404. The molecule has 20 heavy (non-hydrogen) atoms. The van der Waals surface area contributed by atoms with Gasteiger partial charge in [-0.2, -0.15) is 0 Å². The molecule has 5 heteroatoms. The van der Waals surface area contributed by atoms with Crippen molar-refractivity contribution in [2.45, 2.75) is 19.0 Å². The molecule has 5 nitrogen and oxygen atoms in total. The third-order valence-electron chi connectivity index (χ3n) is 3.01. The first-order valence-corrected chi connectivity index (χ1v) is 6.40. The van der Waals surface area contributed by atoms with E-state index in [0.29, 0.717) is 18.7 Å². The van der Waals surface area contributed by atoms with Crippen LogP contribution >= 0.6 is 0 Å². The highest BCUT2D eigenvalue weighted by atomic mass is 16.4. The second-order valence-electron chi connectivity index (χ2n) is 4.45. The Morgan fingerprint density at radius 2 is 2.00 bits per heavy atom. The second-order valence-corrected chi connectivity index (χ2v) is 4.45. The quantitative estimate of drug-likeness (QED) is 0.745. The SMILES string of the molecule is O=c1cc(CNC(CCO)c2ccccc2)occ1O. The zero-order chi connectivity index (χ0) is 14.4. The van der Waals surface area contributed by atoms with Gasteiger partial charge in [0.1, 0.15) is 12.0 Å². The highest BCUT2D eigenvalue weighted by Crippen LogP contribution is 2.16. The van der Waals surface area contributed by atoms with Crippen LogP contribution in [0, 0.1) is 0 Å². The highest BCUT2D eigenvalue weighted by molar-refractivity contribution is 5.19. The van der Waals surface area contributed by atoms with Crippen molar-refractivity contribution in [3.63, 3.8) is 0 Å². The van der Waals surface area contributed by atoms with Crippen molar-refractivity contribution in [1.29, 1.82) is 0 Å². The number of hydrogen-bond acceptors (Lipinski definition) is 5. The molecule has 1 heterocycles. The van der Waals surface area contributed by atoms with E-state index in [0.717, 1.165) is 11.8 Å². The van der Waals surface area contributed by atoms with Crippen molar-refractivity contribution in [3.05, 3.63) is 64.2 Å². The van der Waals surface area contributed by atoms with Gasteiger partial charge in [-0.25, -0.2) is 0 Å². The van der Waals surface area contributed by atoms with Crippen LogP contribution in [0.4, 0.5) is 0 Å². The molecule has 0 amide bonds. The fourth-order valence-electron chi connectivity index (χ4n) is 1.96. The maximum Gasteiger partial charge on any atom is 0.226 e. The molecular formula is C15H17NO4. The normalized spacial score (nSPS) is 12.2. The molecule has 1 unspecified atom stereocenters. The Morgan fingerprint density at radius 1 is 1.25 bits per heavy atom. The van der Waals surface area contributed by atoms with Crippen LogP contribution in [0.5, 0.6) is 5.75 Å². The van der Waals surface area contributed by atoms with E-state index >= 15 is 0 Å². The minimum Gasteiger partial charge on any atom is -0.502 e. The molecule has 0 aliphatic heterocycles. The smallest absolute Gasteiger partial charge is 0.226 e. The van der Waals surface area contributed by atoms with Gasteiger partial charge in [0.15, 0.2) is 5.75 Å². The number of benzene rings is 1. The maximum absolute atomic E-state index is 11.3. The van der Waals surface area contributed by atoms with E-state index < -0.39 is 11.2 Å². The lowest BCUT2D eigenvalue weighted by Crippen LogP contribution is -2.22. The summed E-state index contributed by atoms with van der Waals surface area (Å²) in [6.07, 6.45) is 1.59. The van der Waals surface area contributed by atoms with Crippen LogP contribution in [-0.4, -0.2) is 16.8 Å². The van der Waals surface area contributed by atoms with E-state index in [4.69, 9.17) is 14.6 Å². The van der Waals surface area contributed by atoms with Crippen LogP contribution < -0.4 is 10.7 Å². The number of hydrogen-bond donors (Lipinski definition) is 3. The molecule has 0 fully saturated rings. The third-order valence-corrected chi connectivity index (χ3v) is 3.01. The monoisotopic (exact) mass is 275 g/mol. The molecule has 0 spiro atoms. The summed E-state index contributed by atoms with van der Waals surface area (Å²) in [6, 6.07) is 11.0. The molecule has 0 saturated carbocycles. The van der Waals surface area contributed by atoms with Gasteiger partial charge in [0.25, 0.3) is 0 Å². The largest absolute Gasteiger partial charge is 0.502 e. The van der Waals surface area contributed by atoms with Gasteiger partial charge < -0.3 is 19.9 Å². The van der Waals surface area contributed by atoms with Gasteiger partial charge in [0.05, 0.1) is 6.54 Å². The fourth-order valence-corrected chi connectivity index (χ4v) is 1.96. The zero-order valence-corrected chi connectivity index (χ0v) is 11.0. The lowest BCUT2D eigenvalue weighted by atomic mass is 10.0. The Hall–Kier alpha value is -2.11. The predicted octanol–water partition coefficient (Wildman–Crippen LogP) is 1.56. The van der Waals surface area contributed by atoms with Crippen molar-refractivity contribution in [2.75, 3.05) is 6.61 Å². The molecule has 1 atom stereocenters. The van der Waals surface area contributed by atoms with Crippen molar-refractivity contribution in [3.8, 4) is 5.75 Å². The lowest BCUT2D eigenvalue weighted by molar-refractivity contribution is 0.263. The first-order valence-electron chi connectivity index (χ1n) is 6.40. The standard InChI is InChI=1S/C15H17NO4/c17-7-6-13(11-4-2-1-3-5-11)16-9-12-8-14(18)15(19)10-20-12/h1-5,8,10,13,16-17,19H,6-7,9H2. The summed E-state index contributed by atoms with van der Waals surface area (Å²) in [4.78, 5) is 11.3. The Kier molecular flexibility index (Phi) is 4.92. The van der Waals surface area contributed by atoms with E-state index in [9.17, 15) is 4.79 Å². The van der Waals surface area contributed by atoms with Gasteiger partial charge >= 0.3 is 0 Å². The van der Waals surface area contributed by atoms with Gasteiger partial charge in [-0.3, -0.25) is 4.79 Å². The number of nitrogens with one attached hydrogen (secondary N) is 1. The average molecular weight is 275 g/mol. The van der Waals surface area contributed by atoms with Crippen LogP contribution in [-0.2, 0) is 6.54 Å². The minimum absolute atomic E-state index is 0.0275. The molecule has 3 N–H and O–H groups in total.